The van der Waals surface area contributed by atoms with Gasteiger partial charge in [-0.1, -0.05) is 43.5 Å². The Kier molecular flexibility index (Phi) is 7.88. The Morgan fingerprint density at radius 3 is 1.89 bits per heavy atom. The van der Waals surface area contributed by atoms with Crippen LogP contribution in [0.2, 0.25) is 5.15 Å². The van der Waals surface area contributed by atoms with Crippen molar-refractivity contribution in [2.75, 3.05) is 0 Å². The van der Waals surface area contributed by atoms with E-state index < -0.39 is 0 Å². The first-order valence-corrected chi connectivity index (χ1v) is 8.14. The Bertz CT molecular complexity index is 453. The topological polar surface area (TPSA) is 51.6 Å². The van der Waals surface area contributed by atoms with E-state index >= 15 is 0 Å². The lowest BCUT2D eigenvalue weighted by Gasteiger charge is -1.91. The van der Waals surface area contributed by atoms with Gasteiger partial charge in [-0.15, -0.1) is 0 Å². The van der Waals surface area contributed by atoms with Gasteiger partial charge in [0.25, 0.3) is 0 Å². The van der Waals surface area contributed by atoms with Gasteiger partial charge in [-0.25, -0.2) is 19.9 Å². The summed E-state index contributed by atoms with van der Waals surface area (Å²) in [6.45, 7) is 0. The zero-order valence-corrected chi connectivity index (χ0v) is 14.5. The molecule has 0 amide bonds. The molecule has 0 aromatic carbocycles. The summed E-state index contributed by atoms with van der Waals surface area (Å²) in [5.74, 6) is 1.51. The van der Waals surface area contributed by atoms with Gasteiger partial charge in [-0.3, -0.25) is 0 Å². The van der Waals surface area contributed by atoms with Gasteiger partial charge in [0.05, 0.1) is 10.7 Å². The number of rotatable bonds is 2. The summed E-state index contributed by atoms with van der Waals surface area (Å²) in [6, 6.07) is 3.44. The van der Waals surface area contributed by atoms with Gasteiger partial charge >= 0.3 is 0 Å². The molecule has 4 nitrogen and oxygen atoms in total. The van der Waals surface area contributed by atoms with Crippen LogP contribution in [0.4, 0.5) is 0 Å². The molecule has 0 atom stereocenters. The summed E-state index contributed by atoms with van der Waals surface area (Å²) in [5.41, 5.74) is 0. The summed E-state index contributed by atoms with van der Waals surface area (Å²) < 4.78 is 0.826. The molecule has 2 aromatic rings. The minimum atomic E-state index is 0.486. The van der Waals surface area contributed by atoms with Gasteiger partial charge in [0.15, 0.2) is 0 Å². The van der Waals surface area contributed by atoms with Gasteiger partial charge < -0.3 is 0 Å². The van der Waals surface area contributed by atoms with Crippen molar-refractivity contribution in [1.29, 1.82) is 0 Å². The molecule has 0 aliphatic carbocycles. The first-order valence-electron chi connectivity index (χ1n) is 4.72. The summed E-state index contributed by atoms with van der Waals surface area (Å²) in [5, 5.41) is 1.83. The fourth-order valence-electron chi connectivity index (χ4n) is 0.877. The Balaban J connectivity index is 0.000000180. The average molecular weight is 459 g/mol. The first-order chi connectivity index (χ1) is 8.65. The molecule has 0 fully saturated rings. The third-order valence-electron chi connectivity index (χ3n) is 1.58. The van der Waals surface area contributed by atoms with Gasteiger partial charge in [-0.2, -0.15) is 0 Å². The zero-order chi connectivity index (χ0) is 13.4. The highest BCUT2D eigenvalue weighted by Gasteiger charge is 1.92. The van der Waals surface area contributed by atoms with E-state index in [1.165, 1.54) is 0 Å². The standard InChI is InChI=1S/C5H4Br2N2.C5H4BrClN2/c2*6-3-5-8-2-1-4(7)9-5/h2*1-2H,3H2. The smallest absolute Gasteiger partial charge is 0.140 e. The monoisotopic (exact) mass is 456 g/mol. The molecule has 2 rings (SSSR count). The molecule has 18 heavy (non-hydrogen) atoms. The predicted octanol–water partition coefficient (Wildman–Crippen LogP) is 4.16. The fraction of sp³-hybridized carbons (Fsp3) is 0.200. The second-order valence-electron chi connectivity index (χ2n) is 2.86. The molecule has 0 saturated heterocycles. The van der Waals surface area contributed by atoms with Gasteiger partial charge in [0.1, 0.15) is 21.4 Å². The van der Waals surface area contributed by atoms with Crippen LogP contribution in [-0.2, 0) is 10.7 Å². The van der Waals surface area contributed by atoms with Crippen LogP contribution < -0.4 is 0 Å². The molecular weight excluding hydrogens is 451 g/mol. The van der Waals surface area contributed by atoms with Crippen molar-refractivity contribution in [1.82, 2.24) is 19.9 Å². The number of aromatic nitrogens is 4. The Labute approximate surface area is 135 Å². The average Bonchev–Trinajstić information content (AvgIpc) is 2.39. The van der Waals surface area contributed by atoms with E-state index in [0.29, 0.717) is 21.6 Å². The van der Waals surface area contributed by atoms with E-state index in [9.17, 15) is 0 Å². The van der Waals surface area contributed by atoms with Crippen LogP contribution >= 0.6 is 59.4 Å². The van der Waals surface area contributed by atoms with Crippen molar-refractivity contribution in [3.63, 3.8) is 0 Å². The molecule has 0 aliphatic rings. The molecule has 96 valence electrons. The summed E-state index contributed by atoms with van der Waals surface area (Å²) >= 11 is 15.2. The van der Waals surface area contributed by atoms with Crippen LogP contribution in [0, 0.1) is 0 Å². The molecule has 8 heteroatoms. The van der Waals surface area contributed by atoms with Gasteiger partial charge in [0.2, 0.25) is 0 Å². The lowest BCUT2D eigenvalue weighted by atomic mass is 10.6. The van der Waals surface area contributed by atoms with E-state index in [2.05, 4.69) is 67.7 Å². The highest BCUT2D eigenvalue weighted by molar-refractivity contribution is 9.10. The van der Waals surface area contributed by atoms with E-state index in [1.807, 2.05) is 0 Å². The molecule has 0 saturated carbocycles. The summed E-state index contributed by atoms with van der Waals surface area (Å²) in [6.07, 6.45) is 3.35. The Morgan fingerprint density at radius 2 is 1.50 bits per heavy atom. The minimum Gasteiger partial charge on any atom is -0.240 e. The third-order valence-corrected chi connectivity index (χ3v) is 3.24. The molecule has 2 heterocycles. The first kappa shape index (κ1) is 15.9. The molecule has 0 aliphatic heterocycles. The minimum absolute atomic E-state index is 0.486. The van der Waals surface area contributed by atoms with Crippen molar-refractivity contribution in [2.24, 2.45) is 0 Å². The Morgan fingerprint density at radius 1 is 0.944 bits per heavy atom. The number of nitrogens with zero attached hydrogens (tertiary/aromatic N) is 4. The zero-order valence-electron chi connectivity index (χ0n) is 9.02. The van der Waals surface area contributed by atoms with Crippen LogP contribution in [0.5, 0.6) is 0 Å². The van der Waals surface area contributed by atoms with E-state index in [4.69, 9.17) is 11.6 Å². The fourth-order valence-corrected chi connectivity index (χ4v) is 1.89. The highest BCUT2D eigenvalue weighted by atomic mass is 79.9. The lowest BCUT2D eigenvalue weighted by molar-refractivity contribution is 1.02. The largest absolute Gasteiger partial charge is 0.240 e. The molecule has 0 bridgehead atoms. The predicted molar refractivity (Wildman–Crippen MR) is 82.0 cm³/mol. The van der Waals surface area contributed by atoms with Crippen LogP contribution in [0.25, 0.3) is 0 Å². The number of hydrogen-bond donors (Lipinski definition) is 0. The maximum absolute atomic E-state index is 5.55. The molecule has 0 unspecified atom stereocenters. The number of halogens is 4. The van der Waals surface area contributed by atoms with Gasteiger partial charge in [-0.05, 0) is 28.1 Å². The molecule has 0 N–H and O–H groups in total. The maximum atomic E-state index is 5.55. The van der Waals surface area contributed by atoms with Crippen molar-refractivity contribution < 1.29 is 0 Å². The number of hydrogen-bond acceptors (Lipinski definition) is 4. The van der Waals surface area contributed by atoms with Crippen molar-refractivity contribution in [3.8, 4) is 0 Å². The van der Waals surface area contributed by atoms with Crippen LogP contribution in [0.3, 0.4) is 0 Å². The second-order valence-corrected chi connectivity index (χ2v) is 5.18. The molecule has 2 aromatic heterocycles. The van der Waals surface area contributed by atoms with E-state index in [-0.39, 0.29) is 0 Å². The van der Waals surface area contributed by atoms with Crippen LogP contribution in [0.1, 0.15) is 11.6 Å². The Hall–Kier alpha value is -0.110. The molecule has 0 radical (unpaired) electrons. The third kappa shape index (κ3) is 6.17. The second kappa shape index (κ2) is 8.90. The highest BCUT2D eigenvalue weighted by Crippen LogP contribution is 2.05. The lowest BCUT2D eigenvalue weighted by Crippen LogP contribution is -1.88. The van der Waals surface area contributed by atoms with Crippen molar-refractivity contribution in [2.45, 2.75) is 10.7 Å². The molecular formula is C10H8Br3ClN4. The van der Waals surface area contributed by atoms with E-state index in [0.717, 1.165) is 10.4 Å². The van der Waals surface area contributed by atoms with Crippen LogP contribution in [-0.4, -0.2) is 19.9 Å². The number of alkyl halides is 2. The normalized spacial score (nSPS) is 9.56. The summed E-state index contributed by atoms with van der Waals surface area (Å²) in [4.78, 5) is 15.8. The molecule has 0 spiro atoms. The van der Waals surface area contributed by atoms with Crippen molar-refractivity contribution >= 4 is 59.4 Å². The van der Waals surface area contributed by atoms with Gasteiger partial charge in [0, 0.05) is 12.4 Å². The van der Waals surface area contributed by atoms with Crippen LogP contribution in [0.15, 0.2) is 29.1 Å². The van der Waals surface area contributed by atoms with Crippen molar-refractivity contribution in [3.05, 3.63) is 45.9 Å². The van der Waals surface area contributed by atoms with E-state index in [1.54, 1.807) is 24.5 Å². The quantitative estimate of drug-likeness (QED) is 0.500. The SMILES string of the molecule is BrCc1nccc(Br)n1.Clc1ccnc(CBr)n1. The maximum Gasteiger partial charge on any atom is 0.140 e. The summed E-state index contributed by atoms with van der Waals surface area (Å²) in [7, 11) is 0.